The molecule has 7 nitrogen and oxygen atoms in total. The van der Waals surface area contributed by atoms with Crippen molar-refractivity contribution >= 4 is 11.9 Å². The first kappa shape index (κ1) is 14.2. The number of benzene rings is 1. The van der Waals surface area contributed by atoms with Crippen LogP contribution in [0.3, 0.4) is 0 Å². The van der Waals surface area contributed by atoms with Crippen molar-refractivity contribution in [1.82, 2.24) is 19.7 Å². The summed E-state index contributed by atoms with van der Waals surface area (Å²) in [5.41, 5.74) is 1.42. The van der Waals surface area contributed by atoms with Crippen LogP contribution in [0.4, 0.5) is 0 Å². The number of carbonyl (C=O) groups excluding carboxylic acids is 1. The number of rotatable bonds is 3. The summed E-state index contributed by atoms with van der Waals surface area (Å²) in [6.07, 6.45) is 4.52. The summed E-state index contributed by atoms with van der Waals surface area (Å²) in [6, 6.07) is 7.11. The van der Waals surface area contributed by atoms with Gasteiger partial charge in [-0.05, 0) is 37.1 Å². The van der Waals surface area contributed by atoms with Crippen LogP contribution >= 0.6 is 0 Å². The number of nitrogens with zero attached hydrogens (tertiary/aromatic N) is 4. The highest BCUT2D eigenvalue weighted by atomic mass is 16.4. The van der Waals surface area contributed by atoms with Crippen LogP contribution in [-0.4, -0.2) is 49.7 Å². The maximum Gasteiger partial charge on any atom is 0.308 e. The second-order valence-electron chi connectivity index (χ2n) is 5.34. The van der Waals surface area contributed by atoms with Gasteiger partial charge in [-0.25, -0.2) is 0 Å². The zero-order valence-corrected chi connectivity index (χ0v) is 11.9. The molecular weight excluding hydrogens is 284 g/mol. The van der Waals surface area contributed by atoms with Gasteiger partial charge in [-0.15, -0.1) is 10.2 Å². The Hall–Kier alpha value is -2.70. The zero-order chi connectivity index (χ0) is 15.5. The van der Waals surface area contributed by atoms with Crippen molar-refractivity contribution in [2.24, 2.45) is 5.92 Å². The van der Waals surface area contributed by atoms with Crippen LogP contribution < -0.4 is 0 Å². The quantitative estimate of drug-likeness (QED) is 0.920. The molecule has 22 heavy (non-hydrogen) atoms. The fraction of sp³-hybridized carbons (Fsp3) is 0.333. The first-order valence-electron chi connectivity index (χ1n) is 7.12. The molecule has 0 unspecified atom stereocenters. The van der Waals surface area contributed by atoms with Crippen molar-refractivity contribution < 1.29 is 14.7 Å². The average molecular weight is 300 g/mol. The van der Waals surface area contributed by atoms with Gasteiger partial charge in [0.2, 0.25) is 0 Å². The molecule has 3 rings (SSSR count). The standard InChI is InChI=1S/C15H16N4O3/c20-14(18-7-1-2-12(8-18)15(21)22)11-3-5-13(6-4-11)19-9-16-17-10-19/h3-6,9-10,12H,1-2,7-8H2,(H,21,22)/t12-/m0/s1. The summed E-state index contributed by atoms with van der Waals surface area (Å²) in [6.45, 7) is 0.886. The average Bonchev–Trinajstić information content (AvgIpc) is 3.09. The van der Waals surface area contributed by atoms with E-state index in [-0.39, 0.29) is 12.5 Å². The predicted molar refractivity (Wildman–Crippen MR) is 77.6 cm³/mol. The number of hydrogen-bond acceptors (Lipinski definition) is 4. The summed E-state index contributed by atoms with van der Waals surface area (Å²) in [4.78, 5) is 25.2. The maximum absolute atomic E-state index is 12.5. The number of aromatic nitrogens is 3. The molecule has 0 aliphatic carbocycles. The molecular formula is C15H16N4O3. The van der Waals surface area contributed by atoms with E-state index in [0.29, 0.717) is 18.5 Å². The Morgan fingerprint density at radius 3 is 2.45 bits per heavy atom. The smallest absolute Gasteiger partial charge is 0.308 e. The number of carboxylic acids is 1. The highest BCUT2D eigenvalue weighted by Gasteiger charge is 2.28. The molecule has 2 aromatic rings. The summed E-state index contributed by atoms with van der Waals surface area (Å²) >= 11 is 0. The number of carbonyl (C=O) groups is 2. The van der Waals surface area contributed by atoms with Gasteiger partial charge in [0.15, 0.2) is 0 Å². The monoisotopic (exact) mass is 300 g/mol. The molecule has 7 heteroatoms. The molecule has 1 aliphatic heterocycles. The Morgan fingerprint density at radius 2 is 1.82 bits per heavy atom. The molecule has 1 fully saturated rings. The fourth-order valence-corrected chi connectivity index (χ4v) is 2.66. The molecule has 1 atom stereocenters. The third-order valence-corrected chi connectivity index (χ3v) is 3.89. The number of piperidine rings is 1. The number of carboxylic acid groups (broad SMARTS) is 1. The lowest BCUT2D eigenvalue weighted by Crippen LogP contribution is -2.42. The topological polar surface area (TPSA) is 88.3 Å². The summed E-state index contributed by atoms with van der Waals surface area (Å²) in [5, 5.41) is 16.6. The maximum atomic E-state index is 12.5. The molecule has 0 bridgehead atoms. The van der Waals surface area contributed by atoms with Gasteiger partial charge in [0.1, 0.15) is 12.7 Å². The Bertz CT molecular complexity index is 667. The number of amides is 1. The van der Waals surface area contributed by atoms with Crippen LogP contribution in [-0.2, 0) is 4.79 Å². The fourth-order valence-electron chi connectivity index (χ4n) is 2.66. The van der Waals surface area contributed by atoms with E-state index in [2.05, 4.69) is 10.2 Å². The molecule has 0 radical (unpaired) electrons. The second kappa shape index (κ2) is 5.97. The van der Waals surface area contributed by atoms with Crippen LogP contribution in [0.2, 0.25) is 0 Å². The van der Waals surface area contributed by atoms with Gasteiger partial charge in [-0.1, -0.05) is 0 Å². The van der Waals surface area contributed by atoms with Gasteiger partial charge in [0.05, 0.1) is 5.92 Å². The molecule has 2 heterocycles. The molecule has 0 spiro atoms. The molecule has 1 aromatic heterocycles. The molecule has 1 N–H and O–H groups in total. The highest BCUT2D eigenvalue weighted by molar-refractivity contribution is 5.94. The third-order valence-electron chi connectivity index (χ3n) is 3.89. The summed E-state index contributed by atoms with van der Waals surface area (Å²) in [5.74, 6) is -1.42. The Labute approximate surface area is 127 Å². The van der Waals surface area contributed by atoms with Gasteiger partial charge in [0, 0.05) is 24.3 Å². The highest BCUT2D eigenvalue weighted by Crippen LogP contribution is 2.19. The Balaban J connectivity index is 1.73. The Kier molecular flexibility index (Phi) is 3.86. The van der Waals surface area contributed by atoms with E-state index in [1.54, 1.807) is 34.3 Å². The lowest BCUT2D eigenvalue weighted by molar-refractivity contribution is -0.143. The first-order chi connectivity index (χ1) is 10.6. The van der Waals surface area contributed by atoms with E-state index >= 15 is 0 Å². The van der Waals surface area contributed by atoms with Crippen LogP contribution in [0.15, 0.2) is 36.9 Å². The first-order valence-corrected chi connectivity index (χ1v) is 7.12. The minimum Gasteiger partial charge on any atom is -0.481 e. The molecule has 1 amide bonds. The minimum absolute atomic E-state index is 0.124. The van der Waals surface area contributed by atoms with E-state index in [0.717, 1.165) is 12.1 Å². The molecule has 0 saturated carbocycles. The second-order valence-corrected chi connectivity index (χ2v) is 5.34. The predicted octanol–water partition coefficient (Wildman–Crippen LogP) is 1.20. The van der Waals surface area contributed by atoms with Gasteiger partial charge in [-0.3, -0.25) is 14.2 Å². The molecule has 1 saturated heterocycles. The number of likely N-dealkylation sites (tertiary alicyclic amines) is 1. The summed E-state index contributed by atoms with van der Waals surface area (Å²) in [7, 11) is 0. The van der Waals surface area contributed by atoms with E-state index < -0.39 is 11.9 Å². The lowest BCUT2D eigenvalue weighted by atomic mass is 9.97. The van der Waals surface area contributed by atoms with Gasteiger partial charge in [0.25, 0.3) is 5.91 Å². The van der Waals surface area contributed by atoms with Gasteiger partial charge < -0.3 is 10.0 Å². The van der Waals surface area contributed by atoms with Crippen molar-refractivity contribution in [3.63, 3.8) is 0 Å². The molecule has 114 valence electrons. The molecule has 1 aromatic carbocycles. The van der Waals surface area contributed by atoms with Crippen LogP contribution in [0.5, 0.6) is 0 Å². The van der Waals surface area contributed by atoms with Crippen LogP contribution in [0.1, 0.15) is 23.2 Å². The Morgan fingerprint density at radius 1 is 1.14 bits per heavy atom. The van der Waals surface area contributed by atoms with Crippen molar-refractivity contribution in [2.45, 2.75) is 12.8 Å². The normalized spacial score (nSPS) is 18.2. The SMILES string of the molecule is O=C(O)[C@H]1CCCN(C(=O)c2ccc(-n3cnnc3)cc2)C1. The molecule has 1 aliphatic rings. The van der Waals surface area contributed by atoms with Gasteiger partial charge >= 0.3 is 5.97 Å². The zero-order valence-electron chi connectivity index (χ0n) is 11.9. The number of hydrogen-bond donors (Lipinski definition) is 1. The van der Waals surface area contributed by atoms with E-state index in [1.807, 2.05) is 12.1 Å². The third kappa shape index (κ3) is 2.83. The lowest BCUT2D eigenvalue weighted by Gasteiger charge is -2.30. The minimum atomic E-state index is -0.833. The van der Waals surface area contributed by atoms with Gasteiger partial charge in [-0.2, -0.15) is 0 Å². The van der Waals surface area contributed by atoms with Crippen LogP contribution in [0, 0.1) is 5.92 Å². The largest absolute Gasteiger partial charge is 0.481 e. The van der Waals surface area contributed by atoms with E-state index in [1.165, 1.54) is 0 Å². The van der Waals surface area contributed by atoms with E-state index in [9.17, 15) is 9.59 Å². The van der Waals surface area contributed by atoms with E-state index in [4.69, 9.17) is 5.11 Å². The summed E-state index contributed by atoms with van der Waals surface area (Å²) < 4.78 is 1.75. The van der Waals surface area contributed by atoms with Crippen LogP contribution in [0.25, 0.3) is 5.69 Å². The van der Waals surface area contributed by atoms with Crippen molar-refractivity contribution in [1.29, 1.82) is 0 Å². The van der Waals surface area contributed by atoms with Crippen molar-refractivity contribution in [3.8, 4) is 5.69 Å². The number of aliphatic carboxylic acids is 1. The van der Waals surface area contributed by atoms with Crippen molar-refractivity contribution in [2.75, 3.05) is 13.1 Å². The van der Waals surface area contributed by atoms with Crippen molar-refractivity contribution in [3.05, 3.63) is 42.5 Å².